The Morgan fingerprint density at radius 1 is 1.10 bits per heavy atom. The van der Waals surface area contributed by atoms with E-state index in [-0.39, 0.29) is 0 Å². The topological polar surface area (TPSA) is 17.1 Å². The molecule has 1 heterocycles. The molecule has 0 aliphatic carbocycles. The maximum Gasteiger partial charge on any atom is 0.348 e. The molecular weight excluding hydrogens is 143 g/mol. The molecule has 10 heavy (non-hydrogen) atoms. The molecule has 0 amide bonds. The first-order valence-electron chi connectivity index (χ1n) is 3.35. The molecule has 50 valence electrons. The average molecular weight is 151 g/mol. The normalized spacial score (nSPS) is 15.4. The maximum atomic E-state index is 11.0. The van der Waals surface area contributed by atoms with Gasteiger partial charge in [-0.2, -0.15) is 0 Å². The second-order valence-electron chi connectivity index (χ2n) is 2.57. The van der Waals surface area contributed by atoms with Gasteiger partial charge in [-0.25, -0.2) is 0 Å². The smallest absolute Gasteiger partial charge is 0.0740 e. The molecule has 0 N–H and O–H groups in total. The summed E-state index contributed by atoms with van der Waals surface area (Å²) in [5.74, 6) is 0. The highest BCUT2D eigenvalue weighted by molar-refractivity contribution is 7.43. The summed E-state index contributed by atoms with van der Waals surface area (Å²) in [7, 11) is -0.942. The molecule has 0 unspecified atom stereocenters. The summed E-state index contributed by atoms with van der Waals surface area (Å²) in [5.41, 5.74) is 2.56. The minimum atomic E-state index is -0.942. The van der Waals surface area contributed by atoms with Crippen molar-refractivity contribution in [3.8, 4) is 0 Å². The summed E-state index contributed by atoms with van der Waals surface area (Å²) in [5, 5.41) is 0. The fraction of sp³-hybridized carbons (Fsp3) is 0.250. The van der Waals surface area contributed by atoms with Crippen LogP contribution in [0.15, 0.2) is 24.3 Å². The van der Waals surface area contributed by atoms with Crippen molar-refractivity contribution >= 4 is 7.80 Å². The van der Waals surface area contributed by atoms with Crippen LogP contribution in [0.4, 0.5) is 0 Å². The molecule has 1 aliphatic heterocycles. The van der Waals surface area contributed by atoms with Crippen LogP contribution in [0.2, 0.25) is 0 Å². The van der Waals surface area contributed by atoms with Crippen molar-refractivity contribution in [2.24, 2.45) is 0 Å². The molecule has 0 aromatic heterocycles. The van der Waals surface area contributed by atoms with E-state index in [9.17, 15) is 4.57 Å². The zero-order valence-corrected chi connectivity index (χ0v) is 6.47. The molecule has 0 radical (unpaired) electrons. The molecule has 1 nitrogen and oxygen atoms in total. The quantitative estimate of drug-likeness (QED) is 0.520. The second kappa shape index (κ2) is 2.17. The summed E-state index contributed by atoms with van der Waals surface area (Å²) in [6.45, 7) is 0. The van der Waals surface area contributed by atoms with Crippen LogP contribution >= 0.6 is 7.80 Å². The Morgan fingerprint density at radius 3 is 2.10 bits per heavy atom. The summed E-state index contributed by atoms with van der Waals surface area (Å²) in [4.78, 5) is 0. The Kier molecular flexibility index (Phi) is 1.32. The molecule has 0 bridgehead atoms. The van der Waals surface area contributed by atoms with Gasteiger partial charge in [-0.3, -0.25) is 0 Å². The molecule has 1 aromatic carbocycles. The molecule has 0 fully saturated rings. The number of hydrogen-bond donors (Lipinski definition) is 0. The zero-order chi connectivity index (χ0) is 6.97. The van der Waals surface area contributed by atoms with Crippen LogP contribution in [0.1, 0.15) is 11.1 Å². The van der Waals surface area contributed by atoms with Crippen LogP contribution in [-0.2, 0) is 16.9 Å². The Labute approximate surface area is 60.9 Å². The first-order chi connectivity index (χ1) is 4.86. The SMILES string of the molecule is O=[P+]1Cc2ccccc2C1. The zero-order valence-electron chi connectivity index (χ0n) is 5.58. The minimum Gasteiger partial charge on any atom is -0.0740 e. The molecular formula is C8H8OP+. The van der Waals surface area contributed by atoms with Gasteiger partial charge in [0.15, 0.2) is 12.3 Å². The first kappa shape index (κ1) is 6.06. The van der Waals surface area contributed by atoms with Gasteiger partial charge in [0.2, 0.25) is 0 Å². The van der Waals surface area contributed by atoms with E-state index in [0.29, 0.717) is 0 Å². The van der Waals surface area contributed by atoms with Crippen molar-refractivity contribution in [1.29, 1.82) is 0 Å². The molecule has 1 aromatic rings. The van der Waals surface area contributed by atoms with Crippen LogP contribution in [0.3, 0.4) is 0 Å². The Bertz CT molecular complexity index is 253. The van der Waals surface area contributed by atoms with Gasteiger partial charge in [-0.1, -0.05) is 28.8 Å². The van der Waals surface area contributed by atoms with Crippen LogP contribution in [0, 0.1) is 0 Å². The number of fused-ring (bicyclic) bond motifs is 1. The molecule has 0 atom stereocenters. The highest BCUT2D eigenvalue weighted by Crippen LogP contribution is 2.40. The lowest BCUT2D eigenvalue weighted by atomic mass is 10.1. The highest BCUT2D eigenvalue weighted by atomic mass is 31.1. The third kappa shape index (κ3) is 0.871. The van der Waals surface area contributed by atoms with Crippen LogP contribution in [0.25, 0.3) is 0 Å². The number of rotatable bonds is 0. The van der Waals surface area contributed by atoms with Crippen LogP contribution in [-0.4, -0.2) is 0 Å². The lowest BCUT2D eigenvalue weighted by Crippen LogP contribution is -1.77. The van der Waals surface area contributed by atoms with Crippen molar-refractivity contribution in [2.45, 2.75) is 12.3 Å². The summed E-state index contributed by atoms with van der Waals surface area (Å²) < 4.78 is 11.0. The lowest BCUT2D eigenvalue weighted by molar-refractivity contribution is 0.589. The van der Waals surface area contributed by atoms with E-state index in [1.807, 2.05) is 12.1 Å². The Hall–Kier alpha value is -0.680. The first-order valence-corrected chi connectivity index (χ1v) is 4.98. The lowest BCUT2D eigenvalue weighted by Gasteiger charge is -1.87. The van der Waals surface area contributed by atoms with E-state index in [1.54, 1.807) is 0 Å². The van der Waals surface area contributed by atoms with E-state index in [4.69, 9.17) is 0 Å². The predicted octanol–water partition coefficient (Wildman–Crippen LogP) is 2.53. The second-order valence-corrected chi connectivity index (χ2v) is 4.16. The van der Waals surface area contributed by atoms with Crippen molar-refractivity contribution in [1.82, 2.24) is 0 Å². The fourth-order valence-corrected chi connectivity index (χ4v) is 2.79. The van der Waals surface area contributed by atoms with E-state index >= 15 is 0 Å². The number of benzene rings is 1. The van der Waals surface area contributed by atoms with Gasteiger partial charge in [0.1, 0.15) is 0 Å². The molecule has 2 heteroatoms. The van der Waals surface area contributed by atoms with Crippen molar-refractivity contribution in [3.63, 3.8) is 0 Å². The van der Waals surface area contributed by atoms with Crippen LogP contribution < -0.4 is 0 Å². The van der Waals surface area contributed by atoms with Gasteiger partial charge in [0, 0.05) is 11.1 Å². The van der Waals surface area contributed by atoms with Crippen molar-refractivity contribution < 1.29 is 4.57 Å². The molecule has 1 aliphatic rings. The predicted molar refractivity (Wildman–Crippen MR) is 41.5 cm³/mol. The van der Waals surface area contributed by atoms with Gasteiger partial charge < -0.3 is 0 Å². The monoisotopic (exact) mass is 151 g/mol. The van der Waals surface area contributed by atoms with Gasteiger partial charge in [0.05, 0.1) is 0 Å². The van der Waals surface area contributed by atoms with E-state index in [0.717, 1.165) is 12.3 Å². The third-order valence-corrected chi connectivity index (χ3v) is 3.20. The Morgan fingerprint density at radius 2 is 1.60 bits per heavy atom. The average Bonchev–Trinajstić information content (AvgIpc) is 2.27. The molecule has 2 rings (SSSR count). The standard InChI is InChI=1S/C8H8OP/c9-10-5-7-3-1-2-4-8(7)6-10/h1-4H,5-6H2/q+1. The van der Waals surface area contributed by atoms with Crippen molar-refractivity contribution in [2.75, 3.05) is 0 Å². The van der Waals surface area contributed by atoms with Gasteiger partial charge >= 0.3 is 7.80 Å². The fourth-order valence-electron chi connectivity index (χ4n) is 1.30. The molecule has 0 saturated heterocycles. The van der Waals surface area contributed by atoms with E-state index in [2.05, 4.69) is 12.1 Å². The number of hydrogen-bond acceptors (Lipinski definition) is 1. The molecule has 0 spiro atoms. The Balaban J connectivity index is 2.51. The minimum absolute atomic E-state index is 0.797. The van der Waals surface area contributed by atoms with Gasteiger partial charge in [-0.15, -0.1) is 0 Å². The largest absolute Gasteiger partial charge is 0.348 e. The highest BCUT2D eigenvalue weighted by Gasteiger charge is 2.27. The maximum absolute atomic E-state index is 11.0. The van der Waals surface area contributed by atoms with E-state index < -0.39 is 7.80 Å². The van der Waals surface area contributed by atoms with Gasteiger partial charge in [-0.05, 0) is 0 Å². The summed E-state index contributed by atoms with van der Waals surface area (Å²) in [6.07, 6.45) is 1.59. The third-order valence-electron chi connectivity index (χ3n) is 1.81. The summed E-state index contributed by atoms with van der Waals surface area (Å²) >= 11 is 0. The van der Waals surface area contributed by atoms with Gasteiger partial charge in [0.25, 0.3) is 0 Å². The summed E-state index contributed by atoms with van der Waals surface area (Å²) in [6, 6.07) is 8.14. The van der Waals surface area contributed by atoms with E-state index in [1.165, 1.54) is 11.1 Å². The molecule has 0 saturated carbocycles. The van der Waals surface area contributed by atoms with Crippen molar-refractivity contribution in [3.05, 3.63) is 35.4 Å². The van der Waals surface area contributed by atoms with Crippen LogP contribution in [0.5, 0.6) is 0 Å².